The Labute approximate surface area is 118 Å². The summed E-state index contributed by atoms with van der Waals surface area (Å²) in [5.74, 6) is 1.17. The van der Waals surface area contributed by atoms with Gasteiger partial charge in [0.2, 0.25) is 0 Å². The fourth-order valence-electron chi connectivity index (χ4n) is 3.09. The van der Waals surface area contributed by atoms with Crippen LogP contribution < -0.4 is 5.32 Å². The molecule has 2 heterocycles. The number of ether oxygens (including phenoxy) is 1. The second-order valence-corrected chi connectivity index (χ2v) is 7.55. The maximum atomic E-state index is 5.47. The minimum atomic E-state index is 0.287. The second-order valence-electron chi connectivity index (χ2n) is 5.51. The normalized spacial score (nSPS) is 37.3. The third-order valence-corrected chi connectivity index (χ3v) is 6.64. The van der Waals surface area contributed by atoms with Gasteiger partial charge in [-0.1, -0.05) is 18.2 Å². The molecule has 3 aliphatic rings. The van der Waals surface area contributed by atoms with Gasteiger partial charge in [0.25, 0.3) is 0 Å². The molecule has 2 unspecified atom stereocenters. The average Bonchev–Trinajstić information content (AvgIpc) is 2.99. The fraction of sp³-hybridized carbons (Fsp3) is 0.923. The minimum absolute atomic E-state index is 0.287. The Morgan fingerprint density at radius 3 is 3.00 bits per heavy atom. The fourth-order valence-corrected chi connectivity index (χ4v) is 5.27. The Morgan fingerprint density at radius 2 is 2.22 bits per heavy atom. The summed E-state index contributed by atoms with van der Waals surface area (Å²) in [5.41, 5.74) is 0.287. The van der Waals surface area contributed by atoms with Crippen LogP contribution in [-0.4, -0.2) is 47.2 Å². The van der Waals surface area contributed by atoms with Gasteiger partial charge in [0.05, 0.1) is 11.6 Å². The lowest BCUT2D eigenvalue weighted by molar-refractivity contribution is 0.0555. The molecule has 2 saturated heterocycles. The van der Waals surface area contributed by atoms with Crippen LogP contribution in [0.3, 0.4) is 0 Å². The smallest absolute Gasteiger partial charge is 0.157 e. The number of hydrogen-bond acceptors (Lipinski definition) is 4. The molecular formula is C13H22N2OS2. The summed E-state index contributed by atoms with van der Waals surface area (Å²) in [6.45, 7) is 1.80. The second kappa shape index (κ2) is 5.63. The zero-order chi connectivity index (χ0) is 12.4. The number of thioether (sulfide) groups is 2. The van der Waals surface area contributed by atoms with E-state index >= 15 is 0 Å². The van der Waals surface area contributed by atoms with Crippen LogP contribution in [0.4, 0.5) is 0 Å². The lowest BCUT2D eigenvalue weighted by Gasteiger charge is -2.32. The first-order chi connectivity index (χ1) is 8.81. The Bertz CT molecular complexity index is 329. The molecular weight excluding hydrogens is 264 g/mol. The highest BCUT2D eigenvalue weighted by molar-refractivity contribution is 8.14. The summed E-state index contributed by atoms with van der Waals surface area (Å²) < 4.78 is 5.47. The number of nitrogens with one attached hydrogen (secondary N) is 1. The maximum Gasteiger partial charge on any atom is 0.157 e. The van der Waals surface area contributed by atoms with Crippen molar-refractivity contribution in [2.45, 2.75) is 48.9 Å². The largest absolute Gasteiger partial charge is 0.381 e. The van der Waals surface area contributed by atoms with Crippen molar-refractivity contribution in [1.82, 2.24) is 5.32 Å². The minimum Gasteiger partial charge on any atom is -0.381 e. The van der Waals surface area contributed by atoms with Crippen LogP contribution >= 0.6 is 23.5 Å². The van der Waals surface area contributed by atoms with Crippen molar-refractivity contribution < 1.29 is 4.74 Å². The monoisotopic (exact) mass is 286 g/mol. The van der Waals surface area contributed by atoms with Crippen molar-refractivity contribution in [2.75, 3.05) is 25.2 Å². The molecule has 1 spiro atoms. The molecule has 2 aliphatic heterocycles. The molecule has 102 valence electrons. The van der Waals surface area contributed by atoms with Gasteiger partial charge >= 0.3 is 0 Å². The lowest BCUT2D eigenvalue weighted by Crippen LogP contribution is -2.48. The van der Waals surface area contributed by atoms with Crippen molar-refractivity contribution in [3.8, 4) is 0 Å². The van der Waals surface area contributed by atoms with Crippen LogP contribution in [0, 0.1) is 0 Å². The summed E-state index contributed by atoms with van der Waals surface area (Å²) in [6, 6.07) is 0.546. The quantitative estimate of drug-likeness (QED) is 0.846. The Hall–Kier alpha value is 0.130. The van der Waals surface area contributed by atoms with Crippen LogP contribution in [0.1, 0.15) is 32.1 Å². The molecule has 3 rings (SSSR count). The molecule has 18 heavy (non-hydrogen) atoms. The van der Waals surface area contributed by atoms with E-state index in [0.29, 0.717) is 6.04 Å². The van der Waals surface area contributed by atoms with Crippen LogP contribution in [0.15, 0.2) is 4.99 Å². The SMILES string of the molecule is CSC1CCCC1N=C1NC2(CCOCC2)CS1. The Balaban J connectivity index is 1.64. The van der Waals surface area contributed by atoms with E-state index in [-0.39, 0.29) is 5.54 Å². The van der Waals surface area contributed by atoms with E-state index in [2.05, 4.69) is 11.6 Å². The number of hydrogen-bond donors (Lipinski definition) is 1. The lowest BCUT2D eigenvalue weighted by atomic mass is 9.93. The molecule has 3 fully saturated rings. The molecule has 0 aromatic carbocycles. The Kier molecular flexibility index (Phi) is 4.11. The van der Waals surface area contributed by atoms with Gasteiger partial charge in [0, 0.05) is 24.2 Å². The van der Waals surface area contributed by atoms with E-state index in [1.54, 1.807) is 0 Å². The van der Waals surface area contributed by atoms with Gasteiger partial charge in [-0.3, -0.25) is 4.99 Å². The van der Waals surface area contributed by atoms with Crippen molar-refractivity contribution in [2.24, 2.45) is 4.99 Å². The Morgan fingerprint density at radius 1 is 1.39 bits per heavy atom. The topological polar surface area (TPSA) is 33.6 Å². The van der Waals surface area contributed by atoms with Gasteiger partial charge in [-0.05, 0) is 31.9 Å². The zero-order valence-corrected chi connectivity index (χ0v) is 12.6. The molecule has 0 bridgehead atoms. The van der Waals surface area contributed by atoms with Crippen molar-refractivity contribution in [1.29, 1.82) is 0 Å². The third kappa shape index (κ3) is 2.68. The molecule has 2 atom stereocenters. The summed E-state index contributed by atoms with van der Waals surface area (Å²) in [5, 5.41) is 5.64. The first kappa shape index (κ1) is 13.1. The van der Waals surface area contributed by atoms with E-state index < -0.39 is 0 Å². The molecule has 0 aromatic heterocycles. The van der Waals surface area contributed by atoms with Gasteiger partial charge in [-0.15, -0.1) is 0 Å². The van der Waals surface area contributed by atoms with E-state index in [9.17, 15) is 0 Å². The molecule has 0 radical (unpaired) electrons. The molecule has 1 N–H and O–H groups in total. The number of aliphatic imine (C=N–C) groups is 1. The standard InChI is InChI=1S/C13H22N2OS2/c1-17-11-4-2-3-10(11)14-12-15-13(9-18-12)5-7-16-8-6-13/h10-11H,2-9H2,1H3,(H,14,15). The first-order valence-electron chi connectivity index (χ1n) is 6.91. The number of rotatable bonds is 2. The summed E-state index contributed by atoms with van der Waals surface area (Å²) in [4.78, 5) is 4.98. The maximum absolute atomic E-state index is 5.47. The van der Waals surface area contributed by atoms with Crippen LogP contribution in [0.5, 0.6) is 0 Å². The summed E-state index contributed by atoms with van der Waals surface area (Å²) in [6.07, 6.45) is 8.44. The van der Waals surface area contributed by atoms with E-state index in [1.807, 2.05) is 23.5 Å². The van der Waals surface area contributed by atoms with Crippen molar-refractivity contribution >= 4 is 28.7 Å². The molecule has 3 nitrogen and oxygen atoms in total. The molecule has 0 amide bonds. The van der Waals surface area contributed by atoms with Crippen LogP contribution in [0.2, 0.25) is 0 Å². The predicted molar refractivity (Wildman–Crippen MR) is 80.8 cm³/mol. The highest BCUT2D eigenvalue weighted by Crippen LogP contribution is 2.35. The molecule has 1 aliphatic carbocycles. The van der Waals surface area contributed by atoms with Gasteiger partial charge in [0.15, 0.2) is 5.17 Å². The zero-order valence-electron chi connectivity index (χ0n) is 11.0. The highest BCUT2D eigenvalue weighted by Gasteiger charge is 2.39. The van der Waals surface area contributed by atoms with Gasteiger partial charge < -0.3 is 10.1 Å². The number of nitrogens with zero attached hydrogens (tertiary/aromatic N) is 1. The van der Waals surface area contributed by atoms with E-state index in [0.717, 1.165) is 31.3 Å². The van der Waals surface area contributed by atoms with Gasteiger partial charge in [-0.25, -0.2) is 0 Å². The van der Waals surface area contributed by atoms with Crippen LogP contribution in [0.25, 0.3) is 0 Å². The molecule has 5 heteroatoms. The third-order valence-electron chi connectivity index (χ3n) is 4.31. The van der Waals surface area contributed by atoms with E-state index in [1.165, 1.54) is 30.2 Å². The van der Waals surface area contributed by atoms with Gasteiger partial charge in [0.1, 0.15) is 0 Å². The van der Waals surface area contributed by atoms with E-state index in [4.69, 9.17) is 9.73 Å². The molecule has 0 aromatic rings. The van der Waals surface area contributed by atoms with Crippen molar-refractivity contribution in [3.63, 3.8) is 0 Å². The number of amidine groups is 1. The average molecular weight is 286 g/mol. The summed E-state index contributed by atoms with van der Waals surface area (Å²) >= 11 is 3.91. The first-order valence-corrected chi connectivity index (χ1v) is 9.18. The van der Waals surface area contributed by atoms with Crippen LogP contribution in [-0.2, 0) is 4.74 Å². The summed E-state index contributed by atoms with van der Waals surface area (Å²) in [7, 11) is 0. The van der Waals surface area contributed by atoms with Gasteiger partial charge in [-0.2, -0.15) is 11.8 Å². The molecule has 1 saturated carbocycles. The van der Waals surface area contributed by atoms with Crippen molar-refractivity contribution in [3.05, 3.63) is 0 Å². The predicted octanol–water partition coefficient (Wildman–Crippen LogP) is 2.51. The highest BCUT2D eigenvalue weighted by atomic mass is 32.2.